The van der Waals surface area contributed by atoms with Crippen LogP contribution < -0.4 is 5.32 Å². The Morgan fingerprint density at radius 1 is 1.48 bits per heavy atom. The molecular formula is C15H23BrN4O3. The quantitative estimate of drug-likeness (QED) is 0.863. The van der Waals surface area contributed by atoms with Gasteiger partial charge >= 0.3 is 6.09 Å². The van der Waals surface area contributed by atoms with Gasteiger partial charge in [-0.2, -0.15) is 5.10 Å². The zero-order valence-corrected chi connectivity index (χ0v) is 15.3. The van der Waals surface area contributed by atoms with Crippen LogP contribution in [-0.4, -0.2) is 51.4 Å². The lowest BCUT2D eigenvalue weighted by molar-refractivity contribution is -0.133. The standard InChI is InChI=1S/C15H23BrN4O3/c1-15(2,3)23-14(22)18-12-5-4-6-19(9-12)13(21)10-20-8-11(16)7-17-20/h7-8,12H,4-6,9-10H2,1-3H3,(H,18,22)/t12-/m0/s1. The molecule has 0 saturated carbocycles. The number of halogens is 1. The number of carbonyl (C=O) groups excluding carboxylic acids is 2. The molecule has 0 spiro atoms. The Morgan fingerprint density at radius 3 is 2.83 bits per heavy atom. The van der Waals surface area contributed by atoms with Crippen LogP contribution in [0.15, 0.2) is 16.9 Å². The molecular weight excluding hydrogens is 364 g/mol. The van der Waals surface area contributed by atoms with Crippen molar-refractivity contribution in [2.24, 2.45) is 0 Å². The minimum Gasteiger partial charge on any atom is -0.444 e. The predicted octanol–water partition coefficient (Wildman–Crippen LogP) is 2.16. The molecule has 1 saturated heterocycles. The van der Waals surface area contributed by atoms with Gasteiger partial charge in [0.1, 0.15) is 12.1 Å². The van der Waals surface area contributed by atoms with Crippen molar-refractivity contribution in [3.05, 3.63) is 16.9 Å². The number of carbonyl (C=O) groups is 2. The van der Waals surface area contributed by atoms with E-state index in [1.54, 1.807) is 22.0 Å². The van der Waals surface area contributed by atoms with E-state index in [1.807, 2.05) is 20.8 Å². The Kier molecular flexibility index (Phi) is 5.67. The highest BCUT2D eigenvalue weighted by Gasteiger charge is 2.26. The normalized spacial score (nSPS) is 18.6. The zero-order chi connectivity index (χ0) is 17.0. The molecule has 7 nitrogen and oxygen atoms in total. The first kappa shape index (κ1) is 17.8. The van der Waals surface area contributed by atoms with E-state index in [9.17, 15) is 9.59 Å². The number of rotatable bonds is 3. The van der Waals surface area contributed by atoms with Gasteiger partial charge in [-0.05, 0) is 49.5 Å². The van der Waals surface area contributed by atoms with E-state index >= 15 is 0 Å². The first-order valence-electron chi connectivity index (χ1n) is 7.68. The second kappa shape index (κ2) is 7.33. The van der Waals surface area contributed by atoms with Gasteiger partial charge in [0, 0.05) is 25.3 Å². The topological polar surface area (TPSA) is 76.5 Å². The molecule has 1 aromatic rings. The molecule has 1 aromatic heterocycles. The molecule has 1 atom stereocenters. The fraction of sp³-hybridized carbons (Fsp3) is 0.667. The van der Waals surface area contributed by atoms with Gasteiger partial charge in [0.05, 0.1) is 10.7 Å². The number of piperidine rings is 1. The molecule has 128 valence electrons. The maximum Gasteiger partial charge on any atom is 0.407 e. The summed E-state index contributed by atoms with van der Waals surface area (Å²) in [5.41, 5.74) is -0.526. The minimum atomic E-state index is -0.526. The van der Waals surface area contributed by atoms with Crippen LogP contribution in [0.25, 0.3) is 0 Å². The van der Waals surface area contributed by atoms with Gasteiger partial charge in [0.2, 0.25) is 5.91 Å². The molecule has 0 unspecified atom stereocenters. The van der Waals surface area contributed by atoms with Gasteiger partial charge in [-0.3, -0.25) is 9.48 Å². The fourth-order valence-electron chi connectivity index (χ4n) is 2.46. The highest BCUT2D eigenvalue weighted by atomic mass is 79.9. The summed E-state index contributed by atoms with van der Waals surface area (Å²) >= 11 is 3.31. The Balaban J connectivity index is 1.85. The smallest absolute Gasteiger partial charge is 0.407 e. The van der Waals surface area contributed by atoms with Crippen molar-refractivity contribution in [1.82, 2.24) is 20.0 Å². The number of hydrogen-bond donors (Lipinski definition) is 1. The van der Waals surface area contributed by atoms with Crippen LogP contribution in [0.4, 0.5) is 4.79 Å². The third-order valence-corrected chi connectivity index (χ3v) is 3.80. The number of likely N-dealkylation sites (tertiary alicyclic amines) is 1. The summed E-state index contributed by atoms with van der Waals surface area (Å²) in [7, 11) is 0. The molecule has 1 aliphatic heterocycles. The van der Waals surface area contributed by atoms with E-state index in [0.717, 1.165) is 17.3 Å². The molecule has 2 amide bonds. The van der Waals surface area contributed by atoms with Crippen molar-refractivity contribution in [3.63, 3.8) is 0 Å². The highest BCUT2D eigenvalue weighted by molar-refractivity contribution is 9.10. The Bertz CT molecular complexity index is 567. The number of nitrogens with zero attached hydrogens (tertiary/aromatic N) is 3. The van der Waals surface area contributed by atoms with E-state index < -0.39 is 11.7 Å². The van der Waals surface area contributed by atoms with Crippen molar-refractivity contribution >= 4 is 27.9 Å². The lowest BCUT2D eigenvalue weighted by Crippen LogP contribution is -2.51. The number of amides is 2. The highest BCUT2D eigenvalue weighted by Crippen LogP contribution is 2.13. The van der Waals surface area contributed by atoms with Gasteiger partial charge in [-0.1, -0.05) is 0 Å². The minimum absolute atomic E-state index is 0.00344. The van der Waals surface area contributed by atoms with Crippen LogP contribution in [0, 0.1) is 0 Å². The Morgan fingerprint density at radius 2 is 2.22 bits per heavy atom. The summed E-state index contributed by atoms with van der Waals surface area (Å²) in [6.45, 7) is 6.88. The molecule has 1 N–H and O–H groups in total. The van der Waals surface area contributed by atoms with E-state index in [1.165, 1.54) is 0 Å². The van der Waals surface area contributed by atoms with Crippen LogP contribution in [0.1, 0.15) is 33.6 Å². The van der Waals surface area contributed by atoms with Crippen LogP contribution in [0.3, 0.4) is 0 Å². The van der Waals surface area contributed by atoms with Gasteiger partial charge in [0.25, 0.3) is 0 Å². The number of aromatic nitrogens is 2. The lowest BCUT2D eigenvalue weighted by atomic mass is 10.1. The van der Waals surface area contributed by atoms with Gasteiger partial charge in [0.15, 0.2) is 0 Å². The molecule has 0 aromatic carbocycles. The van der Waals surface area contributed by atoms with Crippen LogP contribution >= 0.6 is 15.9 Å². The molecule has 2 heterocycles. The average molecular weight is 387 g/mol. The SMILES string of the molecule is CC(C)(C)OC(=O)N[C@H]1CCCN(C(=O)Cn2cc(Br)cn2)C1. The zero-order valence-electron chi connectivity index (χ0n) is 13.7. The van der Waals surface area contributed by atoms with Gasteiger partial charge in [-0.15, -0.1) is 0 Å². The van der Waals surface area contributed by atoms with Crippen LogP contribution in [0.2, 0.25) is 0 Å². The third-order valence-electron chi connectivity index (χ3n) is 3.39. The van der Waals surface area contributed by atoms with Crippen molar-refractivity contribution in [2.45, 2.75) is 51.8 Å². The van der Waals surface area contributed by atoms with E-state index in [2.05, 4.69) is 26.3 Å². The largest absolute Gasteiger partial charge is 0.444 e. The fourth-order valence-corrected chi connectivity index (χ4v) is 2.79. The second-order valence-electron chi connectivity index (χ2n) is 6.68. The predicted molar refractivity (Wildman–Crippen MR) is 88.9 cm³/mol. The molecule has 2 rings (SSSR count). The summed E-state index contributed by atoms with van der Waals surface area (Å²) < 4.78 is 7.70. The molecule has 0 bridgehead atoms. The molecule has 1 aliphatic rings. The van der Waals surface area contributed by atoms with Crippen molar-refractivity contribution < 1.29 is 14.3 Å². The van der Waals surface area contributed by atoms with E-state index in [0.29, 0.717) is 13.1 Å². The van der Waals surface area contributed by atoms with Crippen LogP contribution in [0.5, 0.6) is 0 Å². The Labute approximate surface area is 144 Å². The summed E-state index contributed by atoms with van der Waals surface area (Å²) in [4.78, 5) is 25.9. The Hall–Kier alpha value is -1.57. The second-order valence-corrected chi connectivity index (χ2v) is 7.60. The maximum absolute atomic E-state index is 12.3. The monoisotopic (exact) mass is 386 g/mol. The van der Waals surface area contributed by atoms with Crippen LogP contribution in [-0.2, 0) is 16.1 Å². The summed E-state index contributed by atoms with van der Waals surface area (Å²) in [6, 6.07) is -0.0769. The van der Waals surface area contributed by atoms with Gasteiger partial charge in [-0.25, -0.2) is 4.79 Å². The molecule has 0 aliphatic carbocycles. The lowest BCUT2D eigenvalue weighted by Gasteiger charge is -2.33. The van der Waals surface area contributed by atoms with Crippen molar-refractivity contribution in [3.8, 4) is 0 Å². The number of nitrogens with one attached hydrogen (secondary N) is 1. The third kappa shape index (κ3) is 5.85. The summed E-state index contributed by atoms with van der Waals surface area (Å²) in [5, 5.41) is 6.93. The maximum atomic E-state index is 12.3. The average Bonchev–Trinajstić information content (AvgIpc) is 2.82. The van der Waals surface area contributed by atoms with Gasteiger partial charge < -0.3 is 15.0 Å². The van der Waals surface area contributed by atoms with Crippen molar-refractivity contribution in [1.29, 1.82) is 0 Å². The first-order valence-corrected chi connectivity index (χ1v) is 8.47. The first-order chi connectivity index (χ1) is 10.7. The molecule has 8 heteroatoms. The molecule has 23 heavy (non-hydrogen) atoms. The summed E-state index contributed by atoms with van der Waals surface area (Å²) in [5.74, 6) is -0.00344. The number of alkyl carbamates (subject to hydrolysis) is 1. The van der Waals surface area contributed by atoms with Crippen molar-refractivity contribution in [2.75, 3.05) is 13.1 Å². The molecule has 1 fully saturated rings. The summed E-state index contributed by atoms with van der Waals surface area (Å²) in [6.07, 6.45) is 4.67. The van der Waals surface area contributed by atoms with E-state index in [4.69, 9.17) is 4.74 Å². The molecule has 0 radical (unpaired) electrons. The van der Waals surface area contributed by atoms with E-state index in [-0.39, 0.29) is 18.5 Å². The number of ether oxygens (including phenoxy) is 1. The number of hydrogen-bond acceptors (Lipinski definition) is 4.